The van der Waals surface area contributed by atoms with Crippen molar-refractivity contribution in [2.75, 3.05) is 26.3 Å². The molecule has 0 spiro atoms. The topological polar surface area (TPSA) is 12.5 Å². The van der Waals surface area contributed by atoms with E-state index in [1.54, 1.807) is 11.9 Å². The lowest BCUT2D eigenvalue weighted by Crippen LogP contribution is -2.30. The maximum atomic E-state index is 5.31. The third-order valence-electron chi connectivity index (χ3n) is 2.72. The van der Waals surface area contributed by atoms with Gasteiger partial charge < -0.3 is 4.74 Å². The number of hydrogen-bond donors (Lipinski definition) is 0. The lowest BCUT2D eigenvalue weighted by Gasteiger charge is -2.23. The lowest BCUT2D eigenvalue weighted by molar-refractivity contribution is 0.0776. The molecule has 3 heteroatoms. The zero-order valence-corrected chi connectivity index (χ0v) is 10.9. The smallest absolute Gasteiger partial charge is 0.0603 e. The van der Waals surface area contributed by atoms with E-state index < -0.39 is 0 Å². The highest BCUT2D eigenvalue weighted by atomic mass is 32.2. The van der Waals surface area contributed by atoms with Gasteiger partial charge >= 0.3 is 0 Å². The van der Waals surface area contributed by atoms with E-state index in [4.69, 9.17) is 4.74 Å². The van der Waals surface area contributed by atoms with Gasteiger partial charge in [-0.15, -0.1) is 0 Å². The van der Waals surface area contributed by atoms with Crippen LogP contribution < -0.4 is 0 Å². The second kappa shape index (κ2) is 7.54. The van der Waals surface area contributed by atoms with Gasteiger partial charge in [0.05, 0.1) is 13.2 Å². The van der Waals surface area contributed by atoms with E-state index in [-0.39, 0.29) is 0 Å². The van der Waals surface area contributed by atoms with E-state index in [0.717, 1.165) is 39.1 Å². The van der Waals surface area contributed by atoms with Crippen LogP contribution in [0.1, 0.15) is 12.0 Å². The Morgan fingerprint density at radius 1 is 1.18 bits per heavy atom. The summed E-state index contributed by atoms with van der Waals surface area (Å²) in [4.78, 5) is 0. The van der Waals surface area contributed by atoms with Crippen LogP contribution in [0.2, 0.25) is 0 Å². The standard InChI is InChI=1S/C14H19NOS/c1-2-6-14(7-3-1)8-4-5-13-17-15-9-11-16-12-10-15/h1-3,5-7,13H,4,8-12H2/b13-5+. The van der Waals surface area contributed by atoms with Gasteiger partial charge in [0, 0.05) is 13.1 Å². The highest BCUT2D eigenvalue weighted by Crippen LogP contribution is 2.14. The average Bonchev–Trinajstić information content (AvgIpc) is 2.41. The first-order valence-electron chi connectivity index (χ1n) is 6.13. The summed E-state index contributed by atoms with van der Waals surface area (Å²) in [7, 11) is 0. The minimum atomic E-state index is 0.866. The fraction of sp³-hybridized carbons (Fsp3) is 0.429. The summed E-state index contributed by atoms with van der Waals surface area (Å²) in [6.07, 6.45) is 4.50. The van der Waals surface area contributed by atoms with Crippen molar-refractivity contribution >= 4 is 11.9 Å². The van der Waals surface area contributed by atoms with E-state index in [1.807, 2.05) is 0 Å². The summed E-state index contributed by atoms with van der Waals surface area (Å²) < 4.78 is 7.66. The molecule has 1 saturated heterocycles. The summed E-state index contributed by atoms with van der Waals surface area (Å²) >= 11 is 1.81. The molecule has 0 amide bonds. The van der Waals surface area contributed by atoms with Crippen LogP contribution in [-0.2, 0) is 11.2 Å². The first-order valence-corrected chi connectivity index (χ1v) is 6.97. The third kappa shape index (κ3) is 4.94. The lowest BCUT2D eigenvalue weighted by atomic mass is 10.1. The average molecular weight is 249 g/mol. The Hall–Kier alpha value is -0.770. The Morgan fingerprint density at radius 3 is 2.71 bits per heavy atom. The Bertz CT molecular complexity index is 333. The summed E-state index contributed by atoms with van der Waals surface area (Å²) in [6.45, 7) is 3.80. The highest BCUT2D eigenvalue weighted by molar-refractivity contribution is 7.99. The molecule has 0 bridgehead atoms. The van der Waals surface area contributed by atoms with Crippen LogP contribution in [-0.4, -0.2) is 30.6 Å². The Balaban J connectivity index is 1.61. The van der Waals surface area contributed by atoms with Gasteiger partial charge in [-0.1, -0.05) is 48.4 Å². The monoisotopic (exact) mass is 249 g/mol. The fourth-order valence-corrected chi connectivity index (χ4v) is 2.50. The maximum Gasteiger partial charge on any atom is 0.0603 e. The normalized spacial score (nSPS) is 17.6. The maximum absolute atomic E-state index is 5.31. The third-order valence-corrected chi connectivity index (χ3v) is 3.70. The van der Waals surface area contributed by atoms with Crippen molar-refractivity contribution in [3.8, 4) is 0 Å². The molecule has 1 heterocycles. The summed E-state index contributed by atoms with van der Waals surface area (Å²) in [5.74, 6) is 0. The van der Waals surface area contributed by atoms with E-state index in [1.165, 1.54) is 5.56 Å². The number of benzene rings is 1. The van der Waals surface area contributed by atoms with Gasteiger partial charge in [-0.25, -0.2) is 4.31 Å². The molecule has 1 aromatic carbocycles. The van der Waals surface area contributed by atoms with Gasteiger partial charge in [-0.05, 0) is 23.8 Å². The molecule has 92 valence electrons. The molecule has 17 heavy (non-hydrogen) atoms. The predicted octanol–water partition coefficient (Wildman–Crippen LogP) is 3.11. The minimum absolute atomic E-state index is 0.866. The quantitative estimate of drug-likeness (QED) is 0.744. The van der Waals surface area contributed by atoms with Crippen molar-refractivity contribution in [3.05, 3.63) is 47.4 Å². The van der Waals surface area contributed by atoms with Gasteiger partial charge in [0.25, 0.3) is 0 Å². The molecule has 0 unspecified atom stereocenters. The molecule has 0 atom stereocenters. The Morgan fingerprint density at radius 2 is 1.94 bits per heavy atom. The largest absolute Gasteiger partial charge is 0.379 e. The molecule has 1 aliphatic rings. The number of nitrogens with zero attached hydrogens (tertiary/aromatic N) is 1. The van der Waals surface area contributed by atoms with E-state index in [2.05, 4.69) is 46.1 Å². The molecule has 2 nitrogen and oxygen atoms in total. The predicted molar refractivity (Wildman–Crippen MR) is 73.9 cm³/mol. The number of allylic oxidation sites excluding steroid dienone is 1. The Kier molecular flexibility index (Phi) is 5.62. The molecular weight excluding hydrogens is 230 g/mol. The second-order valence-corrected chi connectivity index (χ2v) is 5.04. The van der Waals surface area contributed by atoms with Crippen LogP contribution in [0.5, 0.6) is 0 Å². The van der Waals surface area contributed by atoms with Crippen molar-refractivity contribution in [1.82, 2.24) is 4.31 Å². The van der Waals surface area contributed by atoms with E-state index in [0.29, 0.717) is 0 Å². The molecule has 2 rings (SSSR count). The van der Waals surface area contributed by atoms with Crippen molar-refractivity contribution in [3.63, 3.8) is 0 Å². The number of hydrogen-bond acceptors (Lipinski definition) is 3. The highest BCUT2D eigenvalue weighted by Gasteiger charge is 2.08. The molecular formula is C14H19NOS. The van der Waals surface area contributed by atoms with E-state index >= 15 is 0 Å². The molecule has 0 aromatic heterocycles. The molecule has 0 radical (unpaired) electrons. The van der Waals surface area contributed by atoms with Crippen molar-refractivity contribution < 1.29 is 4.74 Å². The zero-order valence-electron chi connectivity index (χ0n) is 10.0. The van der Waals surface area contributed by atoms with Gasteiger partial charge in [0.1, 0.15) is 0 Å². The second-order valence-electron chi connectivity index (χ2n) is 4.04. The first kappa shape index (κ1) is 12.7. The summed E-state index contributed by atoms with van der Waals surface area (Å²) in [5, 5.41) is 2.20. The Labute approximate surface area is 108 Å². The number of rotatable bonds is 5. The van der Waals surface area contributed by atoms with Crippen molar-refractivity contribution in [2.24, 2.45) is 0 Å². The molecule has 1 fully saturated rings. The summed E-state index contributed by atoms with van der Waals surface area (Å²) in [5.41, 5.74) is 1.41. The number of morpholine rings is 1. The molecule has 0 aliphatic carbocycles. The summed E-state index contributed by atoms with van der Waals surface area (Å²) in [6, 6.07) is 10.6. The van der Waals surface area contributed by atoms with Gasteiger partial charge in [0.15, 0.2) is 0 Å². The SMILES string of the molecule is C(=C\SN1CCOCC1)/CCc1ccccc1. The van der Waals surface area contributed by atoms with Crippen LogP contribution in [0.4, 0.5) is 0 Å². The van der Waals surface area contributed by atoms with Crippen LogP contribution >= 0.6 is 11.9 Å². The van der Waals surface area contributed by atoms with Crippen LogP contribution in [0, 0.1) is 0 Å². The molecule has 0 saturated carbocycles. The molecule has 1 aliphatic heterocycles. The van der Waals surface area contributed by atoms with Gasteiger partial charge in [-0.3, -0.25) is 0 Å². The molecule has 0 N–H and O–H groups in total. The first-order chi connectivity index (χ1) is 8.45. The van der Waals surface area contributed by atoms with Crippen LogP contribution in [0.15, 0.2) is 41.8 Å². The molecule has 1 aromatic rings. The van der Waals surface area contributed by atoms with Crippen molar-refractivity contribution in [2.45, 2.75) is 12.8 Å². The number of aryl methyl sites for hydroxylation is 1. The van der Waals surface area contributed by atoms with E-state index in [9.17, 15) is 0 Å². The zero-order chi connectivity index (χ0) is 11.8. The van der Waals surface area contributed by atoms with Crippen LogP contribution in [0.25, 0.3) is 0 Å². The minimum Gasteiger partial charge on any atom is -0.379 e. The van der Waals surface area contributed by atoms with Gasteiger partial charge in [-0.2, -0.15) is 0 Å². The fourth-order valence-electron chi connectivity index (χ4n) is 1.74. The van der Waals surface area contributed by atoms with Crippen LogP contribution in [0.3, 0.4) is 0 Å². The van der Waals surface area contributed by atoms with Crippen molar-refractivity contribution in [1.29, 1.82) is 0 Å². The van der Waals surface area contributed by atoms with Gasteiger partial charge in [0.2, 0.25) is 0 Å². The number of ether oxygens (including phenoxy) is 1.